The highest BCUT2D eigenvalue weighted by atomic mass is 35.5. The summed E-state index contributed by atoms with van der Waals surface area (Å²) >= 11 is 5.84. The van der Waals surface area contributed by atoms with E-state index in [1.165, 1.54) is 12.1 Å². The number of hydrogen-bond acceptors (Lipinski definition) is 4. The van der Waals surface area contributed by atoms with E-state index in [0.717, 1.165) is 5.56 Å². The van der Waals surface area contributed by atoms with Crippen LogP contribution < -0.4 is 0 Å². The van der Waals surface area contributed by atoms with Gasteiger partial charge in [0, 0.05) is 23.7 Å². The van der Waals surface area contributed by atoms with Crippen LogP contribution in [0.3, 0.4) is 0 Å². The molecule has 0 bridgehead atoms. The van der Waals surface area contributed by atoms with Gasteiger partial charge >= 0.3 is 0 Å². The fourth-order valence-electron chi connectivity index (χ4n) is 3.34. The first-order valence-corrected chi connectivity index (χ1v) is 10.8. The zero-order valence-corrected chi connectivity index (χ0v) is 16.4. The van der Waals surface area contributed by atoms with Gasteiger partial charge in [-0.25, -0.2) is 8.42 Å². The zero-order chi connectivity index (χ0) is 19.7. The van der Waals surface area contributed by atoms with Crippen LogP contribution in [0.1, 0.15) is 16.9 Å². The van der Waals surface area contributed by atoms with Gasteiger partial charge in [0.1, 0.15) is 5.69 Å². The van der Waals surface area contributed by atoms with Crippen molar-refractivity contribution in [3.8, 4) is 11.3 Å². The van der Waals surface area contributed by atoms with Crippen LogP contribution in [-0.4, -0.2) is 47.8 Å². The molecule has 0 unspecified atom stereocenters. The molecule has 0 aliphatic carbocycles. The van der Waals surface area contributed by atoms with Gasteiger partial charge in [0.05, 0.1) is 15.8 Å². The van der Waals surface area contributed by atoms with Gasteiger partial charge in [-0.15, -0.1) is 0 Å². The summed E-state index contributed by atoms with van der Waals surface area (Å²) < 4.78 is 25.7. The standard InChI is InChI=1S/C20H18ClN3O3S/c21-15-6-8-16(9-7-15)28(26,27)17-10-11-24(13-17)20(25)19-12-18(22-23-19)14-4-2-1-3-5-14/h1-9,12,17H,10-11,13H2,(H,22,23)/t17-/m0/s1. The molecule has 0 spiro atoms. The lowest BCUT2D eigenvalue weighted by Gasteiger charge is -2.16. The molecule has 4 rings (SSSR count). The van der Waals surface area contributed by atoms with Crippen LogP contribution >= 0.6 is 11.6 Å². The molecule has 1 amide bonds. The lowest BCUT2D eigenvalue weighted by Crippen LogP contribution is -2.32. The Morgan fingerprint density at radius 2 is 1.82 bits per heavy atom. The zero-order valence-electron chi connectivity index (χ0n) is 14.9. The number of likely N-dealkylation sites (tertiary alicyclic amines) is 1. The second-order valence-electron chi connectivity index (χ2n) is 6.69. The van der Waals surface area contributed by atoms with Crippen LogP contribution in [0.5, 0.6) is 0 Å². The Kier molecular flexibility index (Phi) is 4.95. The molecule has 0 radical (unpaired) electrons. The molecular weight excluding hydrogens is 398 g/mol. The lowest BCUT2D eigenvalue weighted by molar-refractivity contribution is 0.0787. The minimum Gasteiger partial charge on any atom is -0.336 e. The van der Waals surface area contributed by atoms with Crippen LogP contribution in [-0.2, 0) is 9.84 Å². The van der Waals surface area contributed by atoms with Gasteiger partial charge in [-0.05, 0) is 36.8 Å². The van der Waals surface area contributed by atoms with Gasteiger partial charge in [0.15, 0.2) is 9.84 Å². The Balaban J connectivity index is 1.49. The number of carbonyl (C=O) groups is 1. The smallest absolute Gasteiger partial charge is 0.271 e. The summed E-state index contributed by atoms with van der Waals surface area (Å²) in [5.74, 6) is -0.247. The summed E-state index contributed by atoms with van der Waals surface area (Å²) in [6, 6.07) is 17.4. The fourth-order valence-corrected chi connectivity index (χ4v) is 5.16. The highest BCUT2D eigenvalue weighted by Gasteiger charge is 2.36. The van der Waals surface area contributed by atoms with Gasteiger partial charge < -0.3 is 4.90 Å². The second kappa shape index (κ2) is 7.41. The average molecular weight is 416 g/mol. The molecule has 1 saturated heterocycles. The fraction of sp³-hybridized carbons (Fsp3) is 0.200. The Morgan fingerprint density at radius 3 is 2.54 bits per heavy atom. The number of rotatable bonds is 4. The number of sulfone groups is 1. The first-order valence-electron chi connectivity index (χ1n) is 8.85. The Bertz CT molecular complexity index is 1100. The average Bonchev–Trinajstić information content (AvgIpc) is 3.39. The van der Waals surface area contributed by atoms with E-state index in [4.69, 9.17) is 11.6 Å². The Labute approximate surface area is 168 Å². The van der Waals surface area contributed by atoms with Crippen molar-refractivity contribution in [1.29, 1.82) is 0 Å². The third kappa shape index (κ3) is 3.55. The van der Waals surface area contributed by atoms with E-state index in [2.05, 4.69) is 10.2 Å². The number of benzene rings is 2. The first kappa shape index (κ1) is 18.7. The van der Waals surface area contributed by atoms with Crippen LogP contribution in [0.2, 0.25) is 5.02 Å². The molecule has 2 heterocycles. The summed E-state index contributed by atoms with van der Waals surface area (Å²) in [6.45, 7) is 0.541. The maximum Gasteiger partial charge on any atom is 0.271 e. The quantitative estimate of drug-likeness (QED) is 0.707. The molecule has 6 nitrogen and oxygen atoms in total. The topological polar surface area (TPSA) is 83.1 Å². The van der Waals surface area contributed by atoms with E-state index in [0.29, 0.717) is 29.4 Å². The molecule has 1 fully saturated rings. The molecular formula is C20H18ClN3O3S. The third-order valence-electron chi connectivity index (χ3n) is 4.89. The summed E-state index contributed by atoms with van der Waals surface area (Å²) in [4.78, 5) is 14.6. The molecule has 28 heavy (non-hydrogen) atoms. The number of carbonyl (C=O) groups excluding carboxylic acids is 1. The molecule has 3 aromatic rings. The molecule has 8 heteroatoms. The number of nitrogens with one attached hydrogen (secondary N) is 1. The second-order valence-corrected chi connectivity index (χ2v) is 9.36. The number of H-pyrrole nitrogens is 1. The van der Waals surface area contributed by atoms with Crippen molar-refractivity contribution in [2.75, 3.05) is 13.1 Å². The largest absolute Gasteiger partial charge is 0.336 e. The van der Waals surface area contributed by atoms with E-state index < -0.39 is 15.1 Å². The highest BCUT2D eigenvalue weighted by molar-refractivity contribution is 7.92. The van der Waals surface area contributed by atoms with Crippen molar-refractivity contribution in [3.05, 3.63) is 71.4 Å². The molecule has 1 N–H and O–H groups in total. The minimum absolute atomic E-state index is 0.156. The maximum absolute atomic E-state index is 12.8. The van der Waals surface area contributed by atoms with Crippen LogP contribution in [0.25, 0.3) is 11.3 Å². The molecule has 1 atom stereocenters. The predicted molar refractivity (Wildman–Crippen MR) is 107 cm³/mol. The SMILES string of the molecule is O=C(c1cc(-c2ccccc2)n[nH]1)N1CC[C@H](S(=O)(=O)c2ccc(Cl)cc2)C1. The van der Waals surface area contributed by atoms with E-state index >= 15 is 0 Å². The van der Waals surface area contributed by atoms with E-state index in [1.54, 1.807) is 23.1 Å². The maximum atomic E-state index is 12.8. The normalized spacial score (nSPS) is 17.0. The molecule has 1 aromatic heterocycles. The molecule has 144 valence electrons. The van der Waals surface area contributed by atoms with Crippen LogP contribution in [0.4, 0.5) is 0 Å². The van der Waals surface area contributed by atoms with E-state index in [-0.39, 0.29) is 17.3 Å². The van der Waals surface area contributed by atoms with Gasteiger partial charge in [-0.3, -0.25) is 9.89 Å². The van der Waals surface area contributed by atoms with Gasteiger partial charge in [0.25, 0.3) is 5.91 Å². The molecule has 1 aliphatic heterocycles. The monoisotopic (exact) mass is 415 g/mol. The van der Waals surface area contributed by atoms with Gasteiger partial charge in [0.2, 0.25) is 0 Å². The Hall–Kier alpha value is -2.64. The van der Waals surface area contributed by atoms with Crippen molar-refractivity contribution in [2.24, 2.45) is 0 Å². The number of nitrogens with zero attached hydrogens (tertiary/aromatic N) is 2. The number of hydrogen-bond donors (Lipinski definition) is 1. The number of aromatic nitrogens is 2. The summed E-state index contributed by atoms with van der Waals surface area (Å²) in [6.07, 6.45) is 0.399. The van der Waals surface area contributed by atoms with Gasteiger partial charge in [-0.2, -0.15) is 5.10 Å². The van der Waals surface area contributed by atoms with Crippen molar-refractivity contribution in [2.45, 2.75) is 16.6 Å². The van der Waals surface area contributed by atoms with Crippen LogP contribution in [0, 0.1) is 0 Å². The number of aromatic amines is 1. The van der Waals surface area contributed by atoms with Gasteiger partial charge in [-0.1, -0.05) is 41.9 Å². The number of halogens is 1. The van der Waals surface area contributed by atoms with Crippen molar-refractivity contribution in [3.63, 3.8) is 0 Å². The lowest BCUT2D eigenvalue weighted by atomic mass is 10.1. The van der Waals surface area contributed by atoms with Crippen molar-refractivity contribution >= 4 is 27.3 Å². The summed E-state index contributed by atoms with van der Waals surface area (Å²) in [7, 11) is -3.52. The molecule has 2 aromatic carbocycles. The first-order chi connectivity index (χ1) is 13.4. The third-order valence-corrected chi connectivity index (χ3v) is 7.33. The van der Waals surface area contributed by atoms with Crippen molar-refractivity contribution in [1.82, 2.24) is 15.1 Å². The Morgan fingerprint density at radius 1 is 1.11 bits per heavy atom. The number of amides is 1. The van der Waals surface area contributed by atoms with E-state index in [1.807, 2.05) is 30.3 Å². The van der Waals surface area contributed by atoms with Crippen LogP contribution in [0.15, 0.2) is 65.6 Å². The summed E-state index contributed by atoms with van der Waals surface area (Å²) in [5.41, 5.74) is 1.93. The summed E-state index contributed by atoms with van der Waals surface area (Å²) in [5, 5.41) is 6.82. The van der Waals surface area contributed by atoms with E-state index in [9.17, 15) is 13.2 Å². The molecule has 1 aliphatic rings. The highest BCUT2D eigenvalue weighted by Crippen LogP contribution is 2.26. The minimum atomic E-state index is -3.52. The molecule has 0 saturated carbocycles. The van der Waals surface area contributed by atoms with Crippen molar-refractivity contribution < 1.29 is 13.2 Å². The predicted octanol–water partition coefficient (Wildman–Crippen LogP) is 3.42.